The van der Waals surface area contributed by atoms with Crippen molar-refractivity contribution in [3.63, 3.8) is 0 Å². The van der Waals surface area contributed by atoms with E-state index in [0.29, 0.717) is 18.9 Å². The molecule has 0 aromatic heterocycles. The highest BCUT2D eigenvalue weighted by Crippen LogP contribution is 2.21. The Kier molecular flexibility index (Phi) is 7.25. The number of ether oxygens (including phenoxy) is 2. The molecule has 0 spiro atoms. The van der Waals surface area contributed by atoms with Gasteiger partial charge >= 0.3 is 5.97 Å². The predicted molar refractivity (Wildman–Crippen MR) is 111 cm³/mol. The van der Waals surface area contributed by atoms with E-state index in [1.165, 1.54) is 46.8 Å². The third-order valence-electron chi connectivity index (χ3n) is 4.39. The third-order valence-corrected chi connectivity index (χ3v) is 6.59. The molecule has 0 aliphatic carbocycles. The molecular formula is C20H18ClN3O6S. The van der Waals surface area contributed by atoms with Crippen LogP contribution in [-0.4, -0.2) is 57.5 Å². The second-order valence-corrected chi connectivity index (χ2v) is 8.82. The first-order chi connectivity index (χ1) is 14.8. The number of rotatable bonds is 6. The molecule has 9 nitrogen and oxygen atoms in total. The van der Waals surface area contributed by atoms with Gasteiger partial charge in [-0.3, -0.25) is 4.79 Å². The van der Waals surface area contributed by atoms with Gasteiger partial charge in [0.15, 0.2) is 6.61 Å². The van der Waals surface area contributed by atoms with Crippen LogP contribution in [0.15, 0.2) is 47.4 Å². The van der Waals surface area contributed by atoms with E-state index in [-0.39, 0.29) is 34.1 Å². The van der Waals surface area contributed by atoms with Crippen LogP contribution >= 0.6 is 11.6 Å². The molecule has 2 aromatic rings. The Bertz CT molecular complexity index is 1140. The van der Waals surface area contributed by atoms with Crippen LogP contribution in [0.3, 0.4) is 0 Å². The molecule has 1 fully saturated rings. The lowest BCUT2D eigenvalue weighted by Gasteiger charge is -2.26. The van der Waals surface area contributed by atoms with Gasteiger partial charge in [0.25, 0.3) is 5.91 Å². The summed E-state index contributed by atoms with van der Waals surface area (Å²) in [5.74, 6) is -1.46. The van der Waals surface area contributed by atoms with E-state index in [4.69, 9.17) is 26.3 Å². The molecule has 1 aliphatic heterocycles. The predicted octanol–water partition coefficient (Wildman–Crippen LogP) is 2.03. The summed E-state index contributed by atoms with van der Waals surface area (Å²) in [4.78, 5) is 24.3. The van der Waals surface area contributed by atoms with E-state index in [1.807, 2.05) is 6.07 Å². The number of nitriles is 1. The lowest BCUT2D eigenvalue weighted by Crippen LogP contribution is -2.40. The summed E-state index contributed by atoms with van der Waals surface area (Å²) in [6.45, 7) is 0.491. The van der Waals surface area contributed by atoms with Gasteiger partial charge in [0.1, 0.15) is 6.07 Å². The molecule has 162 valence electrons. The molecule has 0 atom stereocenters. The highest BCUT2D eigenvalue weighted by molar-refractivity contribution is 7.89. The molecular weight excluding hydrogens is 446 g/mol. The first-order valence-electron chi connectivity index (χ1n) is 9.16. The highest BCUT2D eigenvalue weighted by Gasteiger charge is 2.27. The minimum absolute atomic E-state index is 0.00329. The average Bonchev–Trinajstić information content (AvgIpc) is 2.78. The average molecular weight is 464 g/mol. The highest BCUT2D eigenvalue weighted by atomic mass is 35.5. The lowest BCUT2D eigenvalue weighted by atomic mass is 10.2. The first-order valence-corrected chi connectivity index (χ1v) is 11.0. The number of hydrogen-bond donors (Lipinski definition) is 1. The summed E-state index contributed by atoms with van der Waals surface area (Å²) in [7, 11) is -3.77. The fourth-order valence-electron chi connectivity index (χ4n) is 2.81. The van der Waals surface area contributed by atoms with Crippen molar-refractivity contribution >= 4 is 39.2 Å². The Balaban J connectivity index is 1.62. The second kappa shape index (κ2) is 9.89. The van der Waals surface area contributed by atoms with Crippen LogP contribution < -0.4 is 5.32 Å². The largest absolute Gasteiger partial charge is 0.452 e. The summed E-state index contributed by atoms with van der Waals surface area (Å²) in [6, 6.07) is 11.7. The van der Waals surface area contributed by atoms with Gasteiger partial charge in [-0.2, -0.15) is 9.57 Å². The smallest absolute Gasteiger partial charge is 0.338 e. The fraction of sp³-hybridized carbons (Fsp3) is 0.250. The van der Waals surface area contributed by atoms with Crippen molar-refractivity contribution < 1.29 is 27.5 Å². The molecule has 1 N–H and O–H groups in total. The van der Waals surface area contributed by atoms with E-state index in [1.54, 1.807) is 0 Å². The Morgan fingerprint density at radius 2 is 1.94 bits per heavy atom. The molecule has 0 saturated carbocycles. The number of halogens is 1. The van der Waals surface area contributed by atoms with Gasteiger partial charge < -0.3 is 14.8 Å². The summed E-state index contributed by atoms with van der Waals surface area (Å²) in [5, 5.41) is 11.5. The number of morpholine rings is 1. The summed E-state index contributed by atoms with van der Waals surface area (Å²) in [5.41, 5.74) is 0.602. The lowest BCUT2D eigenvalue weighted by molar-refractivity contribution is -0.119. The molecule has 1 amide bonds. The van der Waals surface area contributed by atoms with Crippen molar-refractivity contribution in [3.05, 3.63) is 58.6 Å². The number of nitrogens with one attached hydrogen (secondary N) is 1. The maximum Gasteiger partial charge on any atom is 0.338 e. The standard InChI is InChI=1S/C20H18ClN3O6S/c21-18-11-16(5-4-15(18)12-22)23-19(25)13-30-20(26)14-2-1-3-17(10-14)31(27,28)24-6-8-29-9-7-24/h1-5,10-11H,6-9,13H2,(H,23,25). The number of hydrogen-bond acceptors (Lipinski definition) is 7. The van der Waals surface area contributed by atoms with Gasteiger partial charge in [0, 0.05) is 18.8 Å². The van der Waals surface area contributed by atoms with Gasteiger partial charge in [-0.1, -0.05) is 17.7 Å². The number of carbonyl (C=O) groups excluding carboxylic acids is 2. The molecule has 1 saturated heterocycles. The maximum atomic E-state index is 12.7. The molecule has 0 bridgehead atoms. The molecule has 0 unspecified atom stereocenters. The Morgan fingerprint density at radius 3 is 2.61 bits per heavy atom. The third kappa shape index (κ3) is 5.59. The van der Waals surface area contributed by atoms with E-state index in [0.717, 1.165) is 0 Å². The molecule has 3 rings (SSSR count). The van der Waals surface area contributed by atoms with E-state index in [9.17, 15) is 18.0 Å². The number of esters is 1. The minimum atomic E-state index is -3.77. The monoisotopic (exact) mass is 463 g/mol. The van der Waals surface area contributed by atoms with Gasteiger partial charge in [-0.05, 0) is 36.4 Å². The van der Waals surface area contributed by atoms with Crippen LogP contribution in [0.5, 0.6) is 0 Å². The fourth-order valence-corrected chi connectivity index (χ4v) is 4.49. The zero-order valence-corrected chi connectivity index (χ0v) is 17.8. The van der Waals surface area contributed by atoms with E-state index < -0.39 is 28.5 Å². The van der Waals surface area contributed by atoms with Gasteiger partial charge in [-0.25, -0.2) is 13.2 Å². The second-order valence-electron chi connectivity index (χ2n) is 6.48. The molecule has 11 heteroatoms. The van der Waals surface area contributed by atoms with Crippen LogP contribution in [-0.2, 0) is 24.3 Å². The number of anilines is 1. The van der Waals surface area contributed by atoms with Crippen LogP contribution in [0.25, 0.3) is 0 Å². The van der Waals surface area contributed by atoms with Crippen molar-refractivity contribution in [2.45, 2.75) is 4.90 Å². The Labute approximate surface area is 184 Å². The van der Waals surface area contributed by atoms with Crippen molar-refractivity contribution in [1.29, 1.82) is 5.26 Å². The number of carbonyl (C=O) groups is 2. The minimum Gasteiger partial charge on any atom is -0.452 e. The number of benzene rings is 2. The number of amides is 1. The number of nitrogens with zero attached hydrogens (tertiary/aromatic N) is 2. The van der Waals surface area contributed by atoms with E-state index >= 15 is 0 Å². The van der Waals surface area contributed by atoms with Gasteiger partial charge in [0.05, 0.1) is 34.3 Å². The van der Waals surface area contributed by atoms with Crippen molar-refractivity contribution in [2.24, 2.45) is 0 Å². The summed E-state index contributed by atoms with van der Waals surface area (Å²) < 4.78 is 36.9. The SMILES string of the molecule is N#Cc1ccc(NC(=O)COC(=O)c2cccc(S(=O)(=O)N3CCOCC3)c2)cc1Cl. The quantitative estimate of drug-likeness (QED) is 0.649. The van der Waals surface area contributed by atoms with Crippen LogP contribution in [0.4, 0.5) is 5.69 Å². The summed E-state index contributed by atoms with van der Waals surface area (Å²) in [6.07, 6.45) is 0. The molecule has 2 aromatic carbocycles. The van der Waals surface area contributed by atoms with Crippen LogP contribution in [0.1, 0.15) is 15.9 Å². The van der Waals surface area contributed by atoms with Crippen LogP contribution in [0, 0.1) is 11.3 Å². The van der Waals surface area contributed by atoms with Crippen molar-refractivity contribution in [3.8, 4) is 6.07 Å². The van der Waals surface area contributed by atoms with Crippen LogP contribution in [0.2, 0.25) is 5.02 Å². The molecule has 1 aliphatic rings. The molecule has 0 radical (unpaired) electrons. The summed E-state index contributed by atoms with van der Waals surface area (Å²) >= 11 is 5.91. The zero-order valence-electron chi connectivity index (χ0n) is 16.2. The van der Waals surface area contributed by atoms with Crippen molar-refractivity contribution in [2.75, 3.05) is 38.2 Å². The Hall–Kier alpha value is -2.97. The normalized spacial score (nSPS) is 14.5. The Morgan fingerprint density at radius 1 is 1.19 bits per heavy atom. The van der Waals surface area contributed by atoms with Gasteiger partial charge in [-0.15, -0.1) is 0 Å². The molecule has 31 heavy (non-hydrogen) atoms. The molecule has 1 heterocycles. The first kappa shape index (κ1) is 22.7. The zero-order chi connectivity index (χ0) is 22.4. The maximum absolute atomic E-state index is 12.7. The topological polar surface area (TPSA) is 126 Å². The number of sulfonamides is 1. The van der Waals surface area contributed by atoms with E-state index in [2.05, 4.69) is 5.32 Å². The van der Waals surface area contributed by atoms with Gasteiger partial charge in [0.2, 0.25) is 10.0 Å². The van der Waals surface area contributed by atoms with Crippen molar-refractivity contribution in [1.82, 2.24) is 4.31 Å².